The number of carbonyl (C=O) groups is 1. The van der Waals surface area contributed by atoms with Gasteiger partial charge in [0.2, 0.25) is 0 Å². The molecule has 0 spiro atoms. The Labute approximate surface area is 103 Å². The number of aliphatic hydroxyl groups excluding tert-OH is 1. The first-order chi connectivity index (χ1) is 8.08. The molecule has 0 rings (SSSR count). The van der Waals surface area contributed by atoms with Crippen LogP contribution in [0.3, 0.4) is 0 Å². The van der Waals surface area contributed by atoms with Crippen LogP contribution in [0.5, 0.6) is 0 Å². The van der Waals surface area contributed by atoms with E-state index >= 15 is 0 Å². The maximum atomic E-state index is 11.0. The molecule has 1 atom stereocenters. The summed E-state index contributed by atoms with van der Waals surface area (Å²) in [6.07, 6.45) is 1.65. The third-order valence-corrected chi connectivity index (χ3v) is 2.77. The Bertz CT molecular complexity index is 211. The smallest absolute Gasteiger partial charge is 0.332 e. The highest BCUT2D eigenvalue weighted by Crippen LogP contribution is 2.12. The minimum absolute atomic E-state index is 0.00163. The fourth-order valence-electron chi connectivity index (χ4n) is 1.42. The highest BCUT2D eigenvalue weighted by Gasteiger charge is 2.19. The lowest BCUT2D eigenvalue weighted by Crippen LogP contribution is -2.44. The number of ether oxygens (including phenoxy) is 2. The highest BCUT2D eigenvalue weighted by atomic mass is 16.6. The number of aliphatic hydroxyl groups is 1. The van der Waals surface area contributed by atoms with E-state index in [9.17, 15) is 4.79 Å². The van der Waals surface area contributed by atoms with Crippen molar-refractivity contribution < 1.29 is 19.4 Å². The summed E-state index contributed by atoms with van der Waals surface area (Å²) < 4.78 is 9.90. The molecule has 102 valence electrons. The van der Waals surface area contributed by atoms with Gasteiger partial charge in [-0.3, -0.25) is 0 Å². The fraction of sp³-hybridized carbons (Fsp3) is 0.917. The van der Waals surface area contributed by atoms with E-state index in [1.165, 1.54) is 0 Å². The first kappa shape index (κ1) is 16.4. The van der Waals surface area contributed by atoms with Crippen molar-refractivity contribution in [1.82, 2.24) is 5.32 Å². The van der Waals surface area contributed by atoms with Gasteiger partial charge < -0.3 is 19.9 Å². The van der Waals surface area contributed by atoms with Gasteiger partial charge in [-0.1, -0.05) is 6.92 Å². The van der Waals surface area contributed by atoms with Gasteiger partial charge in [0.15, 0.2) is 0 Å². The van der Waals surface area contributed by atoms with Gasteiger partial charge in [-0.05, 0) is 26.7 Å². The topological polar surface area (TPSA) is 67.8 Å². The summed E-state index contributed by atoms with van der Waals surface area (Å²) in [7, 11) is 0. The van der Waals surface area contributed by atoms with Crippen molar-refractivity contribution in [2.45, 2.75) is 39.2 Å². The Hall–Kier alpha value is -0.650. The third-order valence-electron chi connectivity index (χ3n) is 2.77. The summed E-state index contributed by atoms with van der Waals surface area (Å²) in [5.41, 5.74) is -0.0674. The Morgan fingerprint density at radius 2 is 2.12 bits per heavy atom. The Morgan fingerprint density at radius 1 is 1.41 bits per heavy atom. The number of rotatable bonds is 10. The summed E-state index contributed by atoms with van der Waals surface area (Å²) in [6.45, 7) is 7.56. The largest absolute Gasteiger partial charge is 0.464 e. The number of nitrogens with one attached hydrogen (secondary N) is 1. The summed E-state index contributed by atoms with van der Waals surface area (Å²) in [5.74, 6) is -0.332. The van der Waals surface area contributed by atoms with E-state index in [-0.39, 0.29) is 24.7 Å². The molecule has 0 aromatic heterocycles. The molecule has 0 aliphatic carbocycles. The first-order valence-corrected chi connectivity index (χ1v) is 6.17. The Kier molecular flexibility index (Phi) is 9.03. The highest BCUT2D eigenvalue weighted by molar-refractivity contribution is 5.70. The van der Waals surface area contributed by atoms with E-state index in [1.54, 1.807) is 6.92 Å². The van der Waals surface area contributed by atoms with Gasteiger partial charge in [-0.2, -0.15) is 0 Å². The lowest BCUT2D eigenvalue weighted by atomic mass is 9.95. The van der Waals surface area contributed by atoms with Crippen LogP contribution in [0, 0.1) is 0 Å². The molecule has 0 saturated carbocycles. The maximum absolute atomic E-state index is 11.0. The van der Waals surface area contributed by atoms with E-state index in [1.807, 2.05) is 0 Å². The molecule has 1 unspecified atom stereocenters. The summed E-state index contributed by atoms with van der Waals surface area (Å²) >= 11 is 0. The fourth-order valence-corrected chi connectivity index (χ4v) is 1.42. The average Bonchev–Trinajstić information content (AvgIpc) is 2.29. The van der Waals surface area contributed by atoms with Crippen LogP contribution in [0.25, 0.3) is 0 Å². The molecule has 0 aliphatic heterocycles. The molecule has 0 saturated heterocycles. The molecule has 5 nitrogen and oxygen atoms in total. The van der Waals surface area contributed by atoms with Crippen LogP contribution >= 0.6 is 0 Å². The van der Waals surface area contributed by atoms with Crippen molar-refractivity contribution in [3.8, 4) is 0 Å². The van der Waals surface area contributed by atoms with Gasteiger partial charge in [0.25, 0.3) is 0 Å². The molecule has 0 amide bonds. The van der Waals surface area contributed by atoms with Gasteiger partial charge >= 0.3 is 5.97 Å². The molecule has 17 heavy (non-hydrogen) atoms. The van der Waals surface area contributed by atoms with Crippen LogP contribution in [0.4, 0.5) is 0 Å². The summed E-state index contributed by atoms with van der Waals surface area (Å²) in [5, 5.41) is 12.3. The molecule has 2 N–H and O–H groups in total. The van der Waals surface area contributed by atoms with Crippen molar-refractivity contribution in [2.75, 3.05) is 33.0 Å². The lowest BCUT2D eigenvalue weighted by molar-refractivity contribution is -0.148. The number of hydrogen-bond donors (Lipinski definition) is 2. The average molecular weight is 247 g/mol. The van der Waals surface area contributed by atoms with Crippen LogP contribution in [0.1, 0.15) is 33.6 Å². The second kappa shape index (κ2) is 9.39. The van der Waals surface area contributed by atoms with Crippen molar-refractivity contribution >= 4 is 5.97 Å². The predicted molar refractivity (Wildman–Crippen MR) is 65.9 cm³/mol. The molecule has 0 heterocycles. The molecule has 0 aromatic rings. The predicted octanol–water partition coefficient (Wildman–Crippen LogP) is 0.707. The van der Waals surface area contributed by atoms with E-state index in [4.69, 9.17) is 14.6 Å². The number of carbonyl (C=O) groups excluding carboxylic acids is 1. The first-order valence-electron chi connectivity index (χ1n) is 6.17. The molecule has 0 aromatic carbocycles. The minimum atomic E-state index is -0.332. The SMILES string of the molecule is CCOC(=O)COCCNC(C)(CC)CCO. The molecule has 0 fully saturated rings. The van der Waals surface area contributed by atoms with Gasteiger partial charge in [0.1, 0.15) is 6.61 Å². The van der Waals surface area contributed by atoms with Crippen molar-refractivity contribution in [2.24, 2.45) is 0 Å². The third kappa shape index (κ3) is 8.12. The van der Waals surface area contributed by atoms with E-state index < -0.39 is 0 Å². The second-order valence-electron chi connectivity index (χ2n) is 4.17. The van der Waals surface area contributed by atoms with Crippen LogP contribution in [0.2, 0.25) is 0 Å². The van der Waals surface area contributed by atoms with E-state index in [2.05, 4.69) is 19.2 Å². The molecule has 0 aliphatic rings. The maximum Gasteiger partial charge on any atom is 0.332 e. The standard InChI is InChI=1S/C12H25NO4/c1-4-12(3,6-8-14)13-7-9-16-10-11(15)17-5-2/h13-14H,4-10H2,1-3H3. The van der Waals surface area contributed by atoms with Gasteiger partial charge in [0, 0.05) is 18.7 Å². The quantitative estimate of drug-likeness (QED) is 0.439. The van der Waals surface area contributed by atoms with Crippen molar-refractivity contribution in [3.05, 3.63) is 0 Å². The zero-order valence-corrected chi connectivity index (χ0v) is 11.1. The van der Waals surface area contributed by atoms with Gasteiger partial charge in [-0.25, -0.2) is 4.79 Å². The normalized spacial score (nSPS) is 14.4. The zero-order valence-electron chi connectivity index (χ0n) is 11.1. The zero-order chi connectivity index (χ0) is 13.1. The number of esters is 1. The molecule has 0 radical (unpaired) electrons. The van der Waals surface area contributed by atoms with Crippen molar-refractivity contribution in [3.63, 3.8) is 0 Å². The van der Waals surface area contributed by atoms with E-state index in [0.717, 1.165) is 6.42 Å². The number of hydrogen-bond acceptors (Lipinski definition) is 5. The summed E-state index contributed by atoms with van der Waals surface area (Å²) in [4.78, 5) is 11.0. The van der Waals surface area contributed by atoms with Crippen LogP contribution in [0.15, 0.2) is 0 Å². The molecule has 5 heteroatoms. The van der Waals surface area contributed by atoms with Gasteiger partial charge in [-0.15, -0.1) is 0 Å². The van der Waals surface area contributed by atoms with Crippen LogP contribution < -0.4 is 5.32 Å². The molecule has 0 bridgehead atoms. The van der Waals surface area contributed by atoms with E-state index in [0.29, 0.717) is 26.2 Å². The van der Waals surface area contributed by atoms with Crippen molar-refractivity contribution in [1.29, 1.82) is 0 Å². The molecular formula is C12H25NO4. The summed E-state index contributed by atoms with van der Waals surface area (Å²) in [6, 6.07) is 0. The second-order valence-corrected chi connectivity index (χ2v) is 4.17. The Morgan fingerprint density at radius 3 is 2.65 bits per heavy atom. The molecular weight excluding hydrogens is 222 g/mol. The monoisotopic (exact) mass is 247 g/mol. The van der Waals surface area contributed by atoms with Crippen LogP contribution in [-0.4, -0.2) is 49.6 Å². The Balaban J connectivity index is 3.58. The minimum Gasteiger partial charge on any atom is -0.464 e. The lowest BCUT2D eigenvalue weighted by Gasteiger charge is -2.29. The van der Waals surface area contributed by atoms with Crippen LogP contribution in [-0.2, 0) is 14.3 Å². The van der Waals surface area contributed by atoms with Gasteiger partial charge in [0.05, 0.1) is 13.2 Å².